The molecule has 1 aromatic rings. The Morgan fingerprint density at radius 3 is 2.52 bits per heavy atom. The van der Waals surface area contributed by atoms with Crippen LogP contribution in [0.2, 0.25) is 0 Å². The van der Waals surface area contributed by atoms with Gasteiger partial charge in [-0.1, -0.05) is 12.8 Å². The Morgan fingerprint density at radius 1 is 1.29 bits per heavy atom. The molecule has 1 fully saturated rings. The van der Waals surface area contributed by atoms with Crippen LogP contribution in [0.5, 0.6) is 5.75 Å². The number of rotatable bonds is 6. The molecule has 1 aromatic carbocycles. The first-order chi connectivity index (χ1) is 9.90. The second-order valence-electron chi connectivity index (χ2n) is 5.88. The monoisotopic (exact) mass is 312 g/mol. The Hall–Kier alpha value is -1.11. The molecule has 1 saturated carbocycles. The third kappa shape index (κ3) is 3.75. The van der Waals surface area contributed by atoms with Gasteiger partial charge < -0.3 is 10.1 Å². The molecular weight excluding hydrogens is 288 g/mol. The van der Waals surface area contributed by atoms with Gasteiger partial charge in [-0.15, -0.1) is 0 Å². The van der Waals surface area contributed by atoms with Gasteiger partial charge in [-0.05, 0) is 45.0 Å². The molecule has 0 spiro atoms. The van der Waals surface area contributed by atoms with Crippen molar-refractivity contribution in [3.63, 3.8) is 0 Å². The fourth-order valence-electron chi connectivity index (χ4n) is 2.89. The summed E-state index contributed by atoms with van der Waals surface area (Å²) < 4.78 is 33.3. The number of sulfonamides is 1. The van der Waals surface area contributed by atoms with Crippen LogP contribution in [0, 0.1) is 0 Å². The molecule has 0 heterocycles. The fourth-order valence-corrected chi connectivity index (χ4v) is 4.41. The van der Waals surface area contributed by atoms with Crippen molar-refractivity contribution >= 4 is 10.0 Å². The van der Waals surface area contributed by atoms with Gasteiger partial charge in [0.15, 0.2) is 0 Å². The Morgan fingerprint density at radius 2 is 1.95 bits per heavy atom. The average Bonchev–Trinajstić information content (AvgIpc) is 2.84. The number of hydrogen-bond acceptors (Lipinski definition) is 4. The first kappa shape index (κ1) is 16.3. The highest BCUT2D eigenvalue weighted by Crippen LogP contribution is 2.31. The van der Waals surface area contributed by atoms with Gasteiger partial charge >= 0.3 is 0 Å². The van der Waals surface area contributed by atoms with E-state index in [0.717, 1.165) is 31.2 Å². The predicted octanol–water partition coefficient (Wildman–Crippen LogP) is 2.03. The molecule has 6 heteroatoms. The van der Waals surface area contributed by atoms with E-state index in [4.69, 9.17) is 4.74 Å². The Balaban J connectivity index is 2.29. The molecular formula is C15H24N2O3S. The lowest BCUT2D eigenvalue weighted by Crippen LogP contribution is -2.43. The van der Waals surface area contributed by atoms with Crippen molar-refractivity contribution < 1.29 is 13.2 Å². The lowest BCUT2D eigenvalue weighted by molar-refractivity contribution is 0.407. The van der Waals surface area contributed by atoms with E-state index >= 15 is 0 Å². The van der Waals surface area contributed by atoms with Crippen molar-refractivity contribution in [1.82, 2.24) is 10.0 Å². The van der Waals surface area contributed by atoms with Crippen LogP contribution in [-0.4, -0.2) is 28.1 Å². The summed E-state index contributed by atoms with van der Waals surface area (Å²) in [5, 5.41) is 3.02. The molecule has 2 N–H and O–H groups in total. The van der Waals surface area contributed by atoms with Gasteiger partial charge in [-0.3, -0.25) is 0 Å². The van der Waals surface area contributed by atoms with E-state index in [1.54, 1.807) is 25.3 Å². The summed E-state index contributed by atoms with van der Waals surface area (Å²) in [7, 11) is -0.0996. The van der Waals surface area contributed by atoms with Crippen LogP contribution in [0.4, 0.5) is 0 Å². The second-order valence-corrected chi connectivity index (χ2v) is 7.56. The SMILES string of the molecule is CNCc1cc(S(=O)(=O)NC2(C)CCCC2)ccc1OC. The Labute approximate surface area is 127 Å². The number of hydrogen-bond donors (Lipinski definition) is 2. The van der Waals surface area contributed by atoms with Crippen molar-refractivity contribution in [1.29, 1.82) is 0 Å². The molecule has 0 aliphatic heterocycles. The van der Waals surface area contributed by atoms with Crippen molar-refractivity contribution in [2.45, 2.75) is 49.6 Å². The van der Waals surface area contributed by atoms with Crippen LogP contribution in [0.15, 0.2) is 23.1 Å². The highest BCUT2D eigenvalue weighted by molar-refractivity contribution is 7.89. The quantitative estimate of drug-likeness (QED) is 0.843. The topological polar surface area (TPSA) is 67.4 Å². The number of nitrogens with one attached hydrogen (secondary N) is 2. The minimum absolute atomic E-state index is 0.293. The van der Waals surface area contributed by atoms with Gasteiger partial charge in [0, 0.05) is 17.6 Å². The second kappa shape index (κ2) is 6.34. The zero-order valence-corrected chi connectivity index (χ0v) is 13.7. The van der Waals surface area contributed by atoms with Gasteiger partial charge in [-0.2, -0.15) is 0 Å². The van der Waals surface area contributed by atoms with Gasteiger partial charge in [0.2, 0.25) is 10.0 Å². The summed E-state index contributed by atoms with van der Waals surface area (Å²) in [6.07, 6.45) is 3.94. The standard InChI is InChI=1S/C15H24N2O3S/c1-15(8-4-5-9-15)17-21(18,19)13-6-7-14(20-3)12(10-13)11-16-2/h6-7,10,16-17H,4-5,8-9,11H2,1-3H3. The molecule has 1 aliphatic rings. The lowest BCUT2D eigenvalue weighted by Gasteiger charge is -2.25. The molecule has 0 saturated heterocycles. The first-order valence-corrected chi connectivity index (χ1v) is 8.74. The Kier molecular flexibility index (Phi) is 4.91. The molecule has 118 valence electrons. The molecule has 5 nitrogen and oxygen atoms in total. The van der Waals surface area contributed by atoms with Crippen molar-refractivity contribution in [3.05, 3.63) is 23.8 Å². The van der Waals surface area contributed by atoms with E-state index in [9.17, 15) is 8.42 Å². The molecule has 0 atom stereocenters. The molecule has 0 aromatic heterocycles. The molecule has 2 rings (SSSR count). The summed E-state index contributed by atoms with van der Waals surface area (Å²) in [5.41, 5.74) is 0.515. The zero-order chi connectivity index (χ0) is 15.5. The molecule has 21 heavy (non-hydrogen) atoms. The minimum atomic E-state index is -3.50. The third-order valence-corrected chi connectivity index (χ3v) is 5.65. The van der Waals surface area contributed by atoms with E-state index in [1.165, 1.54) is 0 Å². The number of methoxy groups -OCH3 is 1. The van der Waals surface area contributed by atoms with Crippen LogP contribution >= 0.6 is 0 Å². The van der Waals surface area contributed by atoms with E-state index in [-0.39, 0.29) is 5.54 Å². The van der Waals surface area contributed by atoms with Gasteiger partial charge in [-0.25, -0.2) is 13.1 Å². The largest absolute Gasteiger partial charge is 0.496 e. The van der Waals surface area contributed by atoms with Crippen LogP contribution in [-0.2, 0) is 16.6 Å². The minimum Gasteiger partial charge on any atom is -0.496 e. The van der Waals surface area contributed by atoms with Gasteiger partial charge in [0.1, 0.15) is 5.75 Å². The smallest absolute Gasteiger partial charge is 0.241 e. The molecule has 0 amide bonds. The first-order valence-electron chi connectivity index (χ1n) is 7.26. The fraction of sp³-hybridized carbons (Fsp3) is 0.600. The zero-order valence-electron chi connectivity index (χ0n) is 12.9. The van der Waals surface area contributed by atoms with Crippen LogP contribution in [0.1, 0.15) is 38.2 Å². The Bertz CT molecular complexity index is 593. The van der Waals surface area contributed by atoms with Crippen LogP contribution in [0.25, 0.3) is 0 Å². The summed E-state index contributed by atoms with van der Waals surface area (Å²) in [5.74, 6) is 0.690. The maximum absolute atomic E-state index is 12.6. The maximum Gasteiger partial charge on any atom is 0.241 e. The van der Waals surface area contributed by atoms with Gasteiger partial charge in [0.25, 0.3) is 0 Å². The maximum atomic E-state index is 12.6. The van der Waals surface area contributed by atoms with E-state index in [1.807, 2.05) is 14.0 Å². The van der Waals surface area contributed by atoms with Crippen LogP contribution < -0.4 is 14.8 Å². The predicted molar refractivity (Wildman–Crippen MR) is 83.0 cm³/mol. The van der Waals surface area contributed by atoms with E-state index < -0.39 is 10.0 Å². The van der Waals surface area contributed by atoms with Crippen molar-refractivity contribution in [3.8, 4) is 5.75 Å². The summed E-state index contributed by atoms with van der Waals surface area (Å²) in [6, 6.07) is 4.98. The molecule has 0 bridgehead atoms. The van der Waals surface area contributed by atoms with Crippen molar-refractivity contribution in [2.24, 2.45) is 0 Å². The summed E-state index contributed by atoms with van der Waals surface area (Å²) in [4.78, 5) is 0.293. The van der Waals surface area contributed by atoms with Crippen molar-refractivity contribution in [2.75, 3.05) is 14.2 Å². The summed E-state index contributed by atoms with van der Waals surface area (Å²) >= 11 is 0. The summed E-state index contributed by atoms with van der Waals surface area (Å²) in [6.45, 7) is 2.54. The molecule has 0 radical (unpaired) electrons. The molecule has 1 aliphatic carbocycles. The molecule has 0 unspecified atom stereocenters. The van der Waals surface area contributed by atoms with E-state index in [2.05, 4.69) is 10.0 Å². The number of ether oxygens (including phenoxy) is 1. The highest BCUT2D eigenvalue weighted by Gasteiger charge is 2.33. The third-order valence-electron chi connectivity index (χ3n) is 4.02. The number of benzene rings is 1. The average molecular weight is 312 g/mol. The lowest BCUT2D eigenvalue weighted by atomic mass is 10.0. The van der Waals surface area contributed by atoms with Gasteiger partial charge in [0.05, 0.1) is 12.0 Å². The highest BCUT2D eigenvalue weighted by atomic mass is 32.2. The van der Waals surface area contributed by atoms with E-state index in [0.29, 0.717) is 17.2 Å². The normalized spacial score (nSPS) is 17.9. The van der Waals surface area contributed by atoms with Crippen LogP contribution in [0.3, 0.4) is 0 Å².